The lowest BCUT2D eigenvalue weighted by molar-refractivity contribution is -0.126. The number of amides is 2. The Balaban J connectivity index is 2.78. The van der Waals surface area contributed by atoms with Crippen molar-refractivity contribution in [2.45, 2.75) is 25.9 Å². The minimum absolute atomic E-state index is 0.0738. The molecule has 0 spiro atoms. The van der Waals surface area contributed by atoms with Gasteiger partial charge in [0.05, 0.1) is 6.54 Å². The average Bonchev–Trinajstić information content (AvgIpc) is 2.28. The standard InChI is InChI=1S/C14H21N3O2/c1-10(2)16-12(18)9-17(3)13(14(15)19)11-7-5-4-6-8-11/h4-8,10,13H,9H2,1-3H3,(H2,15,19)(H,16,18)/t13-/m0/s1. The summed E-state index contributed by atoms with van der Waals surface area (Å²) in [5.41, 5.74) is 6.22. The Morgan fingerprint density at radius 2 is 1.84 bits per heavy atom. The van der Waals surface area contributed by atoms with Gasteiger partial charge in [-0.15, -0.1) is 0 Å². The van der Waals surface area contributed by atoms with E-state index < -0.39 is 11.9 Å². The Morgan fingerprint density at radius 1 is 1.26 bits per heavy atom. The molecule has 0 unspecified atom stereocenters. The van der Waals surface area contributed by atoms with Crippen LogP contribution in [0, 0.1) is 0 Å². The summed E-state index contributed by atoms with van der Waals surface area (Å²) < 4.78 is 0. The molecule has 0 radical (unpaired) electrons. The Bertz CT molecular complexity index is 432. The third-order valence-corrected chi connectivity index (χ3v) is 2.67. The van der Waals surface area contributed by atoms with E-state index in [4.69, 9.17) is 5.73 Å². The molecule has 5 nitrogen and oxygen atoms in total. The highest BCUT2D eigenvalue weighted by Crippen LogP contribution is 2.18. The highest BCUT2D eigenvalue weighted by atomic mass is 16.2. The lowest BCUT2D eigenvalue weighted by atomic mass is 10.1. The van der Waals surface area contributed by atoms with Crippen LogP contribution in [0.15, 0.2) is 30.3 Å². The van der Waals surface area contributed by atoms with Crippen molar-refractivity contribution in [2.75, 3.05) is 13.6 Å². The highest BCUT2D eigenvalue weighted by molar-refractivity contribution is 5.83. The summed E-state index contributed by atoms with van der Waals surface area (Å²) >= 11 is 0. The number of primary amides is 1. The molecular weight excluding hydrogens is 242 g/mol. The van der Waals surface area contributed by atoms with Gasteiger partial charge in [0, 0.05) is 6.04 Å². The van der Waals surface area contributed by atoms with Gasteiger partial charge in [0.15, 0.2) is 0 Å². The van der Waals surface area contributed by atoms with Crippen LogP contribution >= 0.6 is 0 Å². The number of benzene rings is 1. The minimum atomic E-state index is -0.598. The number of rotatable bonds is 6. The predicted molar refractivity (Wildman–Crippen MR) is 74.3 cm³/mol. The summed E-state index contributed by atoms with van der Waals surface area (Å²) in [6.07, 6.45) is 0. The van der Waals surface area contributed by atoms with Gasteiger partial charge in [0.2, 0.25) is 11.8 Å². The van der Waals surface area contributed by atoms with Crippen LogP contribution < -0.4 is 11.1 Å². The molecule has 0 heterocycles. The number of carbonyl (C=O) groups is 2. The summed E-state index contributed by atoms with van der Waals surface area (Å²) in [5.74, 6) is -0.592. The molecule has 1 aromatic rings. The fourth-order valence-electron chi connectivity index (χ4n) is 1.96. The zero-order valence-electron chi connectivity index (χ0n) is 11.6. The monoisotopic (exact) mass is 263 g/mol. The zero-order valence-corrected chi connectivity index (χ0v) is 11.6. The van der Waals surface area contributed by atoms with Gasteiger partial charge < -0.3 is 11.1 Å². The molecule has 1 rings (SSSR count). The first-order valence-electron chi connectivity index (χ1n) is 6.25. The second-order valence-electron chi connectivity index (χ2n) is 4.85. The number of nitrogens with zero attached hydrogens (tertiary/aromatic N) is 1. The highest BCUT2D eigenvalue weighted by Gasteiger charge is 2.24. The molecule has 0 aliphatic carbocycles. The van der Waals surface area contributed by atoms with E-state index in [1.54, 1.807) is 11.9 Å². The van der Waals surface area contributed by atoms with Gasteiger partial charge >= 0.3 is 0 Å². The van der Waals surface area contributed by atoms with Crippen molar-refractivity contribution in [3.63, 3.8) is 0 Å². The maximum Gasteiger partial charge on any atom is 0.239 e. The van der Waals surface area contributed by atoms with E-state index >= 15 is 0 Å². The summed E-state index contributed by atoms with van der Waals surface area (Å²) in [6.45, 7) is 3.90. The number of likely N-dealkylation sites (N-methyl/N-ethyl adjacent to an activating group) is 1. The Hall–Kier alpha value is -1.88. The SMILES string of the molecule is CC(C)NC(=O)CN(C)[C@H](C(N)=O)c1ccccc1. The molecule has 0 bridgehead atoms. The van der Waals surface area contributed by atoms with Gasteiger partial charge in [0.25, 0.3) is 0 Å². The van der Waals surface area contributed by atoms with E-state index in [0.717, 1.165) is 5.56 Å². The number of nitrogens with one attached hydrogen (secondary N) is 1. The van der Waals surface area contributed by atoms with Gasteiger partial charge in [-0.1, -0.05) is 30.3 Å². The molecule has 104 valence electrons. The summed E-state index contributed by atoms with van der Waals surface area (Å²) in [7, 11) is 1.71. The third-order valence-electron chi connectivity index (χ3n) is 2.67. The van der Waals surface area contributed by atoms with Crippen LogP contribution in [0.4, 0.5) is 0 Å². The van der Waals surface area contributed by atoms with Gasteiger partial charge in [-0.05, 0) is 26.5 Å². The minimum Gasteiger partial charge on any atom is -0.368 e. The first-order valence-corrected chi connectivity index (χ1v) is 6.25. The van der Waals surface area contributed by atoms with E-state index in [-0.39, 0.29) is 18.5 Å². The van der Waals surface area contributed by atoms with Crippen molar-refractivity contribution < 1.29 is 9.59 Å². The van der Waals surface area contributed by atoms with Crippen LogP contribution in [0.25, 0.3) is 0 Å². The summed E-state index contributed by atoms with van der Waals surface area (Å²) in [4.78, 5) is 25.0. The fourth-order valence-corrected chi connectivity index (χ4v) is 1.96. The van der Waals surface area contributed by atoms with E-state index in [2.05, 4.69) is 5.32 Å². The molecule has 1 aromatic carbocycles. The topological polar surface area (TPSA) is 75.4 Å². The van der Waals surface area contributed by atoms with Gasteiger partial charge in [-0.3, -0.25) is 14.5 Å². The van der Waals surface area contributed by atoms with Crippen molar-refractivity contribution in [3.8, 4) is 0 Å². The van der Waals surface area contributed by atoms with Crippen LogP contribution in [0.3, 0.4) is 0 Å². The second kappa shape index (κ2) is 6.89. The first-order chi connectivity index (χ1) is 8.91. The van der Waals surface area contributed by atoms with Gasteiger partial charge in [-0.25, -0.2) is 0 Å². The van der Waals surface area contributed by atoms with Crippen LogP contribution in [0.5, 0.6) is 0 Å². The molecule has 19 heavy (non-hydrogen) atoms. The molecular formula is C14H21N3O2. The normalized spacial score (nSPS) is 12.5. The molecule has 2 amide bonds. The van der Waals surface area contributed by atoms with Gasteiger partial charge in [-0.2, -0.15) is 0 Å². The quantitative estimate of drug-likeness (QED) is 0.792. The van der Waals surface area contributed by atoms with Crippen LogP contribution in [-0.4, -0.2) is 36.3 Å². The molecule has 1 atom stereocenters. The lowest BCUT2D eigenvalue weighted by Crippen LogP contribution is -2.43. The van der Waals surface area contributed by atoms with Crippen molar-refractivity contribution in [2.24, 2.45) is 5.73 Å². The van der Waals surface area contributed by atoms with E-state index in [0.29, 0.717) is 0 Å². The largest absolute Gasteiger partial charge is 0.368 e. The molecule has 0 aliphatic rings. The summed E-state index contributed by atoms with van der Waals surface area (Å²) in [6, 6.07) is 8.68. The van der Waals surface area contributed by atoms with Crippen molar-refractivity contribution in [1.29, 1.82) is 0 Å². The molecule has 0 saturated carbocycles. The number of hydrogen-bond donors (Lipinski definition) is 2. The fraction of sp³-hybridized carbons (Fsp3) is 0.429. The van der Waals surface area contributed by atoms with E-state index in [1.165, 1.54) is 0 Å². The third kappa shape index (κ3) is 4.71. The van der Waals surface area contributed by atoms with E-state index in [9.17, 15) is 9.59 Å². The predicted octanol–water partition coefficient (Wildman–Crippen LogP) is 0.669. The molecule has 3 N–H and O–H groups in total. The average molecular weight is 263 g/mol. The van der Waals surface area contributed by atoms with Crippen molar-refractivity contribution >= 4 is 11.8 Å². The smallest absolute Gasteiger partial charge is 0.239 e. The first kappa shape index (κ1) is 15.2. The second-order valence-corrected chi connectivity index (χ2v) is 4.85. The molecule has 0 aromatic heterocycles. The van der Waals surface area contributed by atoms with Crippen molar-refractivity contribution in [1.82, 2.24) is 10.2 Å². The zero-order chi connectivity index (χ0) is 14.4. The number of hydrogen-bond acceptors (Lipinski definition) is 3. The van der Waals surface area contributed by atoms with Crippen LogP contribution in [-0.2, 0) is 9.59 Å². The lowest BCUT2D eigenvalue weighted by Gasteiger charge is -2.25. The molecule has 0 fully saturated rings. The van der Waals surface area contributed by atoms with Crippen LogP contribution in [0.2, 0.25) is 0 Å². The maximum atomic E-state index is 11.7. The number of carbonyl (C=O) groups excluding carboxylic acids is 2. The van der Waals surface area contributed by atoms with Crippen molar-refractivity contribution in [3.05, 3.63) is 35.9 Å². The Kier molecular flexibility index (Phi) is 5.51. The maximum absolute atomic E-state index is 11.7. The Morgan fingerprint density at radius 3 is 2.32 bits per heavy atom. The molecule has 5 heteroatoms. The molecule has 0 aliphatic heterocycles. The van der Waals surface area contributed by atoms with Crippen LogP contribution in [0.1, 0.15) is 25.5 Å². The summed E-state index contributed by atoms with van der Waals surface area (Å²) in [5, 5.41) is 2.79. The van der Waals surface area contributed by atoms with Gasteiger partial charge in [0.1, 0.15) is 6.04 Å². The van der Waals surface area contributed by atoms with E-state index in [1.807, 2.05) is 44.2 Å². The Labute approximate surface area is 113 Å². The number of nitrogens with two attached hydrogens (primary N) is 1. The molecule has 0 saturated heterocycles.